The number of hydrogen-bond acceptors (Lipinski definition) is 3. The molecule has 1 amide bonds. The summed E-state index contributed by atoms with van der Waals surface area (Å²) in [6.07, 6.45) is 7.08. The van der Waals surface area contributed by atoms with Crippen LogP contribution in [-0.4, -0.2) is 47.4 Å². The average Bonchev–Trinajstić information content (AvgIpc) is 2.48. The Kier molecular flexibility index (Phi) is 6.00. The zero-order valence-corrected chi connectivity index (χ0v) is 13.6. The van der Waals surface area contributed by atoms with E-state index in [4.69, 9.17) is 11.6 Å². The molecule has 1 aromatic heterocycles. The molecule has 0 spiro atoms. The zero-order chi connectivity index (χ0) is 15.2. The van der Waals surface area contributed by atoms with Crippen molar-refractivity contribution < 1.29 is 4.79 Å². The van der Waals surface area contributed by atoms with Crippen molar-refractivity contribution in [3.05, 3.63) is 29.0 Å². The highest BCUT2D eigenvalue weighted by Gasteiger charge is 2.20. The molecule has 2 rings (SSSR count). The average molecular weight is 310 g/mol. The predicted octanol–water partition coefficient (Wildman–Crippen LogP) is 2.96. The number of pyridine rings is 1. The first-order valence-corrected chi connectivity index (χ1v) is 7.98. The van der Waals surface area contributed by atoms with Crippen LogP contribution in [0.15, 0.2) is 18.3 Å². The number of halogens is 1. The highest BCUT2D eigenvalue weighted by atomic mass is 35.5. The van der Waals surface area contributed by atoms with E-state index in [0.717, 1.165) is 18.5 Å². The molecule has 1 fully saturated rings. The van der Waals surface area contributed by atoms with E-state index in [9.17, 15) is 4.79 Å². The van der Waals surface area contributed by atoms with Gasteiger partial charge in [-0.05, 0) is 44.5 Å². The minimum absolute atomic E-state index is 0.198. The van der Waals surface area contributed by atoms with Gasteiger partial charge in [-0.15, -0.1) is 0 Å². The summed E-state index contributed by atoms with van der Waals surface area (Å²) in [5.41, 5.74) is 1.00. The third-order valence-electron chi connectivity index (χ3n) is 4.25. The van der Waals surface area contributed by atoms with Gasteiger partial charge in [0.2, 0.25) is 5.91 Å². The van der Waals surface area contributed by atoms with E-state index >= 15 is 0 Å². The fourth-order valence-corrected chi connectivity index (χ4v) is 2.96. The first-order valence-electron chi connectivity index (χ1n) is 7.61. The zero-order valence-electron chi connectivity index (χ0n) is 12.9. The highest BCUT2D eigenvalue weighted by Crippen LogP contribution is 2.19. The number of carbonyl (C=O) groups is 1. The number of nitrogens with zero attached hydrogens (tertiary/aromatic N) is 3. The van der Waals surface area contributed by atoms with Gasteiger partial charge in [-0.2, -0.15) is 0 Å². The lowest BCUT2D eigenvalue weighted by atomic mass is 9.98. The Morgan fingerprint density at radius 2 is 2.29 bits per heavy atom. The lowest BCUT2D eigenvalue weighted by molar-refractivity contribution is -0.130. The number of aromatic nitrogens is 1. The summed E-state index contributed by atoms with van der Waals surface area (Å²) < 4.78 is 0. The van der Waals surface area contributed by atoms with Crippen molar-refractivity contribution in [1.82, 2.24) is 14.8 Å². The quantitative estimate of drug-likeness (QED) is 0.785. The highest BCUT2D eigenvalue weighted by molar-refractivity contribution is 6.29. The van der Waals surface area contributed by atoms with Gasteiger partial charge in [0.05, 0.1) is 0 Å². The summed E-state index contributed by atoms with van der Waals surface area (Å²) in [6, 6.07) is 4.23. The second kappa shape index (κ2) is 7.76. The smallest absolute Gasteiger partial charge is 0.222 e. The van der Waals surface area contributed by atoms with Crippen LogP contribution in [0.2, 0.25) is 5.15 Å². The van der Waals surface area contributed by atoms with Gasteiger partial charge in [0, 0.05) is 32.3 Å². The van der Waals surface area contributed by atoms with Crippen molar-refractivity contribution in [3.8, 4) is 0 Å². The fourth-order valence-electron chi connectivity index (χ4n) is 2.85. The number of carbonyl (C=O) groups excluding carboxylic acids is 1. The molecule has 1 aromatic rings. The van der Waals surface area contributed by atoms with Crippen molar-refractivity contribution >= 4 is 17.5 Å². The van der Waals surface area contributed by atoms with Gasteiger partial charge in [0.1, 0.15) is 5.15 Å². The van der Waals surface area contributed by atoms with Crippen LogP contribution in [0.25, 0.3) is 0 Å². The molecule has 2 heterocycles. The van der Waals surface area contributed by atoms with E-state index in [1.807, 2.05) is 13.1 Å². The molecule has 0 N–H and O–H groups in total. The van der Waals surface area contributed by atoms with Gasteiger partial charge in [-0.1, -0.05) is 24.1 Å². The Morgan fingerprint density at radius 3 is 2.95 bits per heavy atom. The van der Waals surface area contributed by atoms with E-state index < -0.39 is 0 Å². The van der Waals surface area contributed by atoms with Crippen molar-refractivity contribution in [1.29, 1.82) is 0 Å². The van der Waals surface area contributed by atoms with Gasteiger partial charge in [-0.25, -0.2) is 4.98 Å². The van der Waals surface area contributed by atoms with Gasteiger partial charge in [0.15, 0.2) is 0 Å². The van der Waals surface area contributed by atoms with Crippen LogP contribution in [0.3, 0.4) is 0 Å². The topological polar surface area (TPSA) is 36.4 Å². The third-order valence-corrected chi connectivity index (χ3v) is 4.47. The monoisotopic (exact) mass is 309 g/mol. The van der Waals surface area contributed by atoms with Crippen molar-refractivity contribution in [2.75, 3.05) is 20.6 Å². The Hall–Kier alpha value is -1.13. The number of rotatable bonds is 5. The third kappa shape index (κ3) is 4.97. The molecule has 1 saturated heterocycles. The minimum Gasteiger partial charge on any atom is -0.341 e. The second-order valence-electron chi connectivity index (χ2n) is 5.91. The molecule has 1 atom stereocenters. The van der Waals surface area contributed by atoms with Crippen LogP contribution in [0.4, 0.5) is 0 Å². The van der Waals surface area contributed by atoms with Gasteiger partial charge >= 0.3 is 0 Å². The molecule has 0 bridgehead atoms. The summed E-state index contributed by atoms with van der Waals surface area (Å²) in [7, 11) is 4.01. The standard InChI is InChI=1S/C16H24ClN3O/c1-19-10-4-3-5-14(19)7-9-16(21)20(2)12-13-6-8-15(17)18-11-13/h6,8,11,14H,3-5,7,9-10,12H2,1-2H3/t14-/m0/s1. The van der Waals surface area contributed by atoms with E-state index in [2.05, 4.69) is 16.9 Å². The van der Waals surface area contributed by atoms with Gasteiger partial charge < -0.3 is 9.80 Å². The van der Waals surface area contributed by atoms with Crippen LogP contribution >= 0.6 is 11.6 Å². The number of hydrogen-bond donors (Lipinski definition) is 0. The predicted molar refractivity (Wildman–Crippen MR) is 85.2 cm³/mol. The number of likely N-dealkylation sites (tertiary alicyclic amines) is 1. The maximum Gasteiger partial charge on any atom is 0.222 e. The summed E-state index contributed by atoms with van der Waals surface area (Å²) in [4.78, 5) is 20.4. The van der Waals surface area contributed by atoms with E-state index in [1.165, 1.54) is 19.3 Å². The molecular weight excluding hydrogens is 286 g/mol. The normalized spacial score (nSPS) is 19.5. The summed E-state index contributed by atoms with van der Waals surface area (Å²) in [5.74, 6) is 0.198. The Bertz CT molecular complexity index is 463. The molecule has 0 radical (unpaired) electrons. The van der Waals surface area contributed by atoms with Crippen LogP contribution in [0.1, 0.15) is 37.7 Å². The Morgan fingerprint density at radius 1 is 1.48 bits per heavy atom. The molecular formula is C16H24ClN3O. The molecule has 1 aliphatic heterocycles. The molecule has 5 heteroatoms. The maximum atomic E-state index is 12.2. The van der Waals surface area contributed by atoms with Crippen molar-refractivity contribution in [2.24, 2.45) is 0 Å². The number of piperidine rings is 1. The van der Waals surface area contributed by atoms with Crippen LogP contribution in [-0.2, 0) is 11.3 Å². The number of amides is 1. The Balaban J connectivity index is 1.78. The summed E-state index contributed by atoms with van der Waals surface area (Å²) >= 11 is 5.76. The first-order chi connectivity index (χ1) is 10.1. The molecule has 1 aliphatic rings. The van der Waals surface area contributed by atoms with Crippen LogP contribution in [0.5, 0.6) is 0 Å². The summed E-state index contributed by atoms with van der Waals surface area (Å²) in [6.45, 7) is 1.74. The molecule has 21 heavy (non-hydrogen) atoms. The molecule has 0 aromatic carbocycles. The lowest BCUT2D eigenvalue weighted by Crippen LogP contribution is -2.37. The molecule has 0 aliphatic carbocycles. The SMILES string of the molecule is CN(Cc1ccc(Cl)nc1)C(=O)CC[C@@H]1CCCCN1C. The molecule has 0 saturated carbocycles. The van der Waals surface area contributed by atoms with E-state index in [1.54, 1.807) is 17.2 Å². The van der Waals surface area contributed by atoms with Crippen LogP contribution in [0, 0.1) is 0 Å². The molecule has 116 valence electrons. The van der Waals surface area contributed by atoms with Crippen LogP contribution < -0.4 is 0 Å². The maximum absolute atomic E-state index is 12.2. The van der Waals surface area contributed by atoms with Crippen molar-refractivity contribution in [3.63, 3.8) is 0 Å². The van der Waals surface area contributed by atoms with E-state index in [0.29, 0.717) is 24.2 Å². The first kappa shape index (κ1) is 16.2. The molecule has 0 unspecified atom stereocenters. The largest absolute Gasteiger partial charge is 0.341 e. The van der Waals surface area contributed by atoms with E-state index in [-0.39, 0.29) is 5.91 Å². The van der Waals surface area contributed by atoms with Crippen molar-refractivity contribution in [2.45, 2.75) is 44.7 Å². The fraction of sp³-hybridized carbons (Fsp3) is 0.625. The van der Waals surface area contributed by atoms with Gasteiger partial charge in [-0.3, -0.25) is 4.79 Å². The van der Waals surface area contributed by atoms with Gasteiger partial charge in [0.25, 0.3) is 0 Å². The lowest BCUT2D eigenvalue weighted by Gasteiger charge is -2.32. The second-order valence-corrected chi connectivity index (χ2v) is 6.30. The minimum atomic E-state index is 0.198. The summed E-state index contributed by atoms with van der Waals surface area (Å²) in [5, 5.41) is 0.480. The Labute approximate surface area is 132 Å². The molecule has 4 nitrogen and oxygen atoms in total.